The molecule has 0 bridgehead atoms. The Kier molecular flexibility index (Phi) is 17.7. The number of carbonyl (C=O) groups is 2. The van der Waals surface area contributed by atoms with Gasteiger partial charge in [-0.25, -0.2) is 0 Å². The zero-order valence-electron chi connectivity index (χ0n) is 6.55. The number of carbonyl (C=O) groups excluding carboxylic acids is 2. The fourth-order valence-electron chi connectivity index (χ4n) is 0.267. The van der Waals surface area contributed by atoms with Crippen molar-refractivity contribution in [2.75, 3.05) is 13.1 Å². The molecule has 0 amide bonds. The molecule has 5 nitrogen and oxygen atoms in total. The summed E-state index contributed by atoms with van der Waals surface area (Å²) in [6, 6.07) is 0. The van der Waals surface area contributed by atoms with Crippen LogP contribution in [0.2, 0.25) is 0 Å². The molecule has 0 radical (unpaired) electrons. The molecule has 0 heterocycles. The maximum absolute atomic E-state index is 9.59. The largest absolute Gasteiger partial charge is 1.00 e. The first-order chi connectivity index (χ1) is 4.13. The van der Waals surface area contributed by atoms with Crippen molar-refractivity contribution >= 4 is 11.9 Å². The molecule has 0 fully saturated rings. The van der Waals surface area contributed by atoms with Gasteiger partial charge in [-0.15, -0.1) is 0 Å². The molecule has 11 heavy (non-hydrogen) atoms. The van der Waals surface area contributed by atoms with Crippen molar-refractivity contribution in [1.29, 1.82) is 0 Å². The van der Waals surface area contributed by atoms with Crippen LogP contribution in [0.25, 0.3) is 0 Å². The van der Waals surface area contributed by atoms with Crippen LogP contribution in [-0.4, -0.2) is 25.0 Å². The molecule has 0 unspecified atom stereocenters. The summed E-state index contributed by atoms with van der Waals surface area (Å²) < 4.78 is 0. The minimum Gasteiger partial charge on any atom is -0.549 e. The molecule has 52 valence electrons. The van der Waals surface area contributed by atoms with Crippen LogP contribution in [-0.2, 0) is 9.59 Å². The molecule has 1 N–H and O–H groups in total. The summed E-state index contributed by atoms with van der Waals surface area (Å²) >= 11 is 0. The summed E-state index contributed by atoms with van der Waals surface area (Å²) in [5.41, 5.74) is 0. The normalized spacial score (nSPS) is 7.27. The zero-order valence-corrected chi connectivity index (χ0v) is 10.5. The van der Waals surface area contributed by atoms with Gasteiger partial charge in [-0.1, -0.05) is 0 Å². The van der Waals surface area contributed by atoms with Gasteiger partial charge in [0.2, 0.25) is 0 Å². The van der Waals surface area contributed by atoms with Crippen molar-refractivity contribution in [2.24, 2.45) is 0 Å². The van der Waals surface area contributed by atoms with Crippen molar-refractivity contribution in [3.63, 3.8) is 0 Å². The Hall–Kier alpha value is 0.900. The monoisotopic (exact) mass is 177 g/mol. The fraction of sp³-hybridized carbons (Fsp3) is 0.500. The summed E-state index contributed by atoms with van der Waals surface area (Å²) in [7, 11) is 0. The molecular formula is C4H5NNa2O4. The molecule has 0 aromatic carbocycles. The smallest absolute Gasteiger partial charge is 0.549 e. The number of hydrogen-bond acceptors (Lipinski definition) is 5. The van der Waals surface area contributed by atoms with Gasteiger partial charge in [-0.05, 0) is 0 Å². The Labute approximate surface area is 108 Å². The Bertz CT molecular complexity index is 115. The van der Waals surface area contributed by atoms with E-state index in [0.29, 0.717) is 0 Å². The van der Waals surface area contributed by atoms with Crippen molar-refractivity contribution in [3.8, 4) is 0 Å². The number of aliphatic carboxylic acids is 2. The SMILES string of the molecule is O=C([O-])CNCC(=O)[O-].[Na+].[Na+]. The van der Waals surface area contributed by atoms with E-state index in [2.05, 4.69) is 5.32 Å². The number of carboxylic acid groups (broad SMARTS) is 2. The number of nitrogens with one attached hydrogen (secondary N) is 1. The third kappa shape index (κ3) is 18.1. The Morgan fingerprint density at radius 3 is 1.45 bits per heavy atom. The van der Waals surface area contributed by atoms with E-state index in [9.17, 15) is 19.8 Å². The first-order valence-electron chi connectivity index (χ1n) is 2.23. The Balaban J connectivity index is -0.000000320. The first-order valence-corrected chi connectivity index (χ1v) is 2.23. The maximum Gasteiger partial charge on any atom is 1.00 e. The molecule has 0 aliphatic rings. The van der Waals surface area contributed by atoms with Crippen LogP contribution in [0.1, 0.15) is 0 Å². The minimum atomic E-state index is -1.34. The molecule has 0 saturated carbocycles. The second kappa shape index (κ2) is 10.9. The average Bonchev–Trinajstić information content (AvgIpc) is 1.63. The minimum absolute atomic E-state index is 0. The topological polar surface area (TPSA) is 92.3 Å². The molecule has 0 aromatic heterocycles. The summed E-state index contributed by atoms with van der Waals surface area (Å²) in [4.78, 5) is 19.2. The van der Waals surface area contributed by atoms with Crippen LogP contribution < -0.4 is 74.6 Å². The third-order valence-electron chi connectivity index (χ3n) is 0.539. The Morgan fingerprint density at radius 2 is 1.27 bits per heavy atom. The van der Waals surface area contributed by atoms with Crippen molar-refractivity contribution < 1.29 is 78.9 Å². The predicted molar refractivity (Wildman–Crippen MR) is 22.9 cm³/mol. The summed E-state index contributed by atoms with van der Waals surface area (Å²) in [5.74, 6) is -2.67. The molecule has 0 aliphatic heterocycles. The van der Waals surface area contributed by atoms with E-state index in [4.69, 9.17) is 0 Å². The predicted octanol–water partition coefficient (Wildman–Crippen LogP) is -9.92. The second-order valence-corrected chi connectivity index (χ2v) is 1.35. The summed E-state index contributed by atoms with van der Waals surface area (Å²) in [6.07, 6.45) is 0. The third-order valence-corrected chi connectivity index (χ3v) is 0.539. The molecular weight excluding hydrogens is 172 g/mol. The van der Waals surface area contributed by atoms with E-state index in [-0.39, 0.29) is 59.1 Å². The summed E-state index contributed by atoms with van der Waals surface area (Å²) in [5, 5.41) is 21.2. The molecule has 0 atom stereocenters. The van der Waals surface area contributed by atoms with E-state index >= 15 is 0 Å². The number of carboxylic acids is 2. The van der Waals surface area contributed by atoms with Crippen LogP contribution >= 0.6 is 0 Å². The van der Waals surface area contributed by atoms with Crippen LogP contribution in [0.4, 0.5) is 0 Å². The van der Waals surface area contributed by atoms with E-state index in [1.165, 1.54) is 0 Å². The molecule has 7 heteroatoms. The van der Waals surface area contributed by atoms with Gasteiger partial charge in [0, 0.05) is 13.1 Å². The number of hydrogen-bond donors (Lipinski definition) is 1. The van der Waals surface area contributed by atoms with Crippen molar-refractivity contribution in [3.05, 3.63) is 0 Å². The zero-order chi connectivity index (χ0) is 7.28. The second-order valence-electron chi connectivity index (χ2n) is 1.35. The molecule has 0 rings (SSSR count). The van der Waals surface area contributed by atoms with Crippen molar-refractivity contribution in [2.45, 2.75) is 0 Å². The average molecular weight is 177 g/mol. The van der Waals surface area contributed by atoms with E-state index in [1.807, 2.05) is 0 Å². The maximum atomic E-state index is 9.59. The van der Waals surface area contributed by atoms with E-state index in [1.54, 1.807) is 0 Å². The van der Waals surface area contributed by atoms with Crippen LogP contribution in [0.3, 0.4) is 0 Å². The van der Waals surface area contributed by atoms with Gasteiger partial charge in [-0.3, -0.25) is 0 Å². The van der Waals surface area contributed by atoms with Crippen LogP contribution in [0.5, 0.6) is 0 Å². The molecule has 0 saturated heterocycles. The fourth-order valence-corrected chi connectivity index (χ4v) is 0.267. The molecule has 0 aromatic rings. The van der Waals surface area contributed by atoms with Gasteiger partial charge in [0.05, 0.1) is 11.9 Å². The Morgan fingerprint density at radius 1 is 1.00 bits per heavy atom. The van der Waals surface area contributed by atoms with Gasteiger partial charge < -0.3 is 25.1 Å². The number of rotatable bonds is 4. The van der Waals surface area contributed by atoms with Gasteiger partial charge in [-0.2, -0.15) is 0 Å². The van der Waals surface area contributed by atoms with E-state index in [0.717, 1.165) is 0 Å². The van der Waals surface area contributed by atoms with Gasteiger partial charge >= 0.3 is 59.1 Å². The van der Waals surface area contributed by atoms with Gasteiger partial charge in [0.15, 0.2) is 0 Å². The molecule has 0 aliphatic carbocycles. The first kappa shape index (κ1) is 17.8. The van der Waals surface area contributed by atoms with E-state index < -0.39 is 25.0 Å². The van der Waals surface area contributed by atoms with Crippen LogP contribution in [0.15, 0.2) is 0 Å². The van der Waals surface area contributed by atoms with Crippen LogP contribution in [0, 0.1) is 0 Å². The van der Waals surface area contributed by atoms with Gasteiger partial charge in [0.1, 0.15) is 0 Å². The summed E-state index contributed by atoms with van der Waals surface area (Å²) in [6.45, 7) is -0.929. The molecule has 0 spiro atoms. The van der Waals surface area contributed by atoms with Gasteiger partial charge in [0.25, 0.3) is 0 Å². The van der Waals surface area contributed by atoms with Crippen molar-refractivity contribution in [1.82, 2.24) is 5.32 Å². The standard InChI is InChI=1S/C4H7NO4.2Na/c6-3(7)1-5-2-4(8)9;;/h5H,1-2H2,(H,6,7)(H,8,9);;/q;2*+1/p-2. The quantitative estimate of drug-likeness (QED) is 0.430.